The lowest BCUT2D eigenvalue weighted by molar-refractivity contribution is 0.0988. The molecular weight excluding hydrogens is 242 g/mol. The molecule has 2 N–H and O–H groups in total. The van der Waals surface area contributed by atoms with Gasteiger partial charge in [-0.2, -0.15) is 0 Å². The number of nitrogens with zero attached hydrogens (tertiary/aromatic N) is 2. The molecule has 1 aromatic carbocycles. The molecule has 5 heteroatoms. The standard InChI is InChI=1S/C14H15N3O2/c1-17(11-7-3-4-8-12(11)19-2)14(18)10-6-5-9-13(15)16-10/h3-9H,1-2H3,(H2,15,16). The van der Waals surface area contributed by atoms with Crippen LogP contribution in [-0.4, -0.2) is 25.0 Å². The van der Waals surface area contributed by atoms with Crippen LogP contribution in [0.5, 0.6) is 5.75 Å². The molecule has 1 heterocycles. The van der Waals surface area contributed by atoms with Gasteiger partial charge in [0.15, 0.2) is 0 Å². The Kier molecular flexibility index (Phi) is 3.66. The predicted octanol–water partition coefficient (Wildman–Crippen LogP) is 1.95. The van der Waals surface area contributed by atoms with E-state index in [9.17, 15) is 4.79 Å². The smallest absolute Gasteiger partial charge is 0.276 e. The van der Waals surface area contributed by atoms with Crippen LogP contribution in [0.15, 0.2) is 42.5 Å². The molecule has 2 rings (SSSR count). The fraction of sp³-hybridized carbons (Fsp3) is 0.143. The number of amides is 1. The van der Waals surface area contributed by atoms with Gasteiger partial charge in [0.2, 0.25) is 0 Å². The number of nitrogens with two attached hydrogens (primary N) is 1. The highest BCUT2D eigenvalue weighted by Gasteiger charge is 2.17. The summed E-state index contributed by atoms with van der Waals surface area (Å²) >= 11 is 0. The monoisotopic (exact) mass is 257 g/mol. The van der Waals surface area contributed by atoms with E-state index >= 15 is 0 Å². The number of pyridine rings is 1. The van der Waals surface area contributed by atoms with Gasteiger partial charge in [-0.25, -0.2) is 4.98 Å². The number of carbonyl (C=O) groups excluding carboxylic acids is 1. The van der Waals surface area contributed by atoms with E-state index in [0.29, 0.717) is 22.9 Å². The minimum Gasteiger partial charge on any atom is -0.495 e. The SMILES string of the molecule is COc1ccccc1N(C)C(=O)c1cccc(N)n1. The van der Waals surface area contributed by atoms with Crippen LogP contribution >= 0.6 is 0 Å². The van der Waals surface area contributed by atoms with Crippen molar-refractivity contribution in [1.29, 1.82) is 0 Å². The number of methoxy groups -OCH3 is 1. The molecule has 1 aromatic heterocycles. The fourth-order valence-corrected chi connectivity index (χ4v) is 1.76. The van der Waals surface area contributed by atoms with Gasteiger partial charge in [0.05, 0.1) is 12.8 Å². The minimum absolute atomic E-state index is 0.239. The summed E-state index contributed by atoms with van der Waals surface area (Å²) in [7, 11) is 3.24. The van der Waals surface area contributed by atoms with Crippen LogP contribution in [0.2, 0.25) is 0 Å². The van der Waals surface area contributed by atoms with Gasteiger partial charge in [-0.15, -0.1) is 0 Å². The molecule has 0 aliphatic rings. The first kappa shape index (κ1) is 12.9. The maximum absolute atomic E-state index is 12.3. The molecule has 0 radical (unpaired) electrons. The highest BCUT2D eigenvalue weighted by atomic mass is 16.5. The number of aromatic nitrogens is 1. The first-order valence-electron chi connectivity index (χ1n) is 5.77. The number of anilines is 2. The number of ether oxygens (including phenoxy) is 1. The van der Waals surface area contributed by atoms with E-state index in [1.54, 1.807) is 38.4 Å². The average Bonchev–Trinajstić information content (AvgIpc) is 2.45. The minimum atomic E-state index is -0.239. The Labute approximate surface area is 111 Å². The first-order valence-corrected chi connectivity index (χ1v) is 5.77. The normalized spacial score (nSPS) is 10.0. The molecule has 0 aliphatic heterocycles. The maximum atomic E-state index is 12.3. The van der Waals surface area contributed by atoms with E-state index in [0.717, 1.165) is 0 Å². The van der Waals surface area contributed by atoms with E-state index in [1.807, 2.05) is 18.2 Å². The van der Waals surface area contributed by atoms with Crippen molar-refractivity contribution in [3.05, 3.63) is 48.2 Å². The second-order valence-electron chi connectivity index (χ2n) is 3.98. The molecule has 98 valence electrons. The summed E-state index contributed by atoms with van der Waals surface area (Å²) in [6, 6.07) is 12.3. The summed E-state index contributed by atoms with van der Waals surface area (Å²) in [5, 5.41) is 0. The van der Waals surface area contributed by atoms with Crippen LogP contribution in [0.25, 0.3) is 0 Å². The molecule has 0 aliphatic carbocycles. The van der Waals surface area contributed by atoms with Gasteiger partial charge >= 0.3 is 0 Å². The molecule has 0 spiro atoms. The Hall–Kier alpha value is -2.56. The van der Waals surface area contributed by atoms with Crippen molar-refractivity contribution >= 4 is 17.4 Å². The van der Waals surface area contributed by atoms with Gasteiger partial charge in [-0.05, 0) is 24.3 Å². The predicted molar refractivity (Wildman–Crippen MR) is 74.4 cm³/mol. The Balaban J connectivity index is 2.33. The topological polar surface area (TPSA) is 68.5 Å². The number of benzene rings is 1. The largest absolute Gasteiger partial charge is 0.495 e. The fourth-order valence-electron chi connectivity index (χ4n) is 1.76. The number of hydrogen-bond acceptors (Lipinski definition) is 4. The number of nitrogen functional groups attached to an aromatic ring is 1. The van der Waals surface area contributed by atoms with Crippen LogP contribution in [-0.2, 0) is 0 Å². The van der Waals surface area contributed by atoms with E-state index < -0.39 is 0 Å². The van der Waals surface area contributed by atoms with Crippen molar-refractivity contribution in [2.24, 2.45) is 0 Å². The third kappa shape index (κ3) is 2.65. The lowest BCUT2D eigenvalue weighted by atomic mass is 10.2. The third-order valence-corrected chi connectivity index (χ3v) is 2.74. The Bertz CT molecular complexity index is 599. The van der Waals surface area contributed by atoms with Crippen molar-refractivity contribution in [2.75, 3.05) is 24.8 Å². The van der Waals surface area contributed by atoms with E-state index in [-0.39, 0.29) is 5.91 Å². The second-order valence-corrected chi connectivity index (χ2v) is 3.98. The van der Waals surface area contributed by atoms with Gasteiger partial charge in [0.25, 0.3) is 5.91 Å². The number of carbonyl (C=O) groups is 1. The Morgan fingerprint density at radius 2 is 1.95 bits per heavy atom. The molecule has 19 heavy (non-hydrogen) atoms. The summed E-state index contributed by atoms with van der Waals surface area (Å²) in [6.07, 6.45) is 0. The highest BCUT2D eigenvalue weighted by molar-refractivity contribution is 6.05. The summed E-state index contributed by atoms with van der Waals surface area (Å²) in [6.45, 7) is 0. The summed E-state index contributed by atoms with van der Waals surface area (Å²) in [4.78, 5) is 17.8. The molecule has 0 saturated heterocycles. The van der Waals surface area contributed by atoms with Crippen molar-refractivity contribution in [1.82, 2.24) is 4.98 Å². The summed E-state index contributed by atoms with van der Waals surface area (Å²) < 4.78 is 5.24. The second kappa shape index (κ2) is 5.39. The zero-order valence-corrected chi connectivity index (χ0v) is 10.8. The van der Waals surface area contributed by atoms with Crippen molar-refractivity contribution in [2.45, 2.75) is 0 Å². The lowest BCUT2D eigenvalue weighted by Crippen LogP contribution is -2.27. The lowest BCUT2D eigenvalue weighted by Gasteiger charge is -2.19. The van der Waals surface area contributed by atoms with Crippen LogP contribution in [0.4, 0.5) is 11.5 Å². The van der Waals surface area contributed by atoms with Crippen LogP contribution in [0.1, 0.15) is 10.5 Å². The quantitative estimate of drug-likeness (QED) is 0.912. The summed E-state index contributed by atoms with van der Waals surface area (Å²) in [5.74, 6) is 0.707. The molecule has 0 atom stereocenters. The molecule has 2 aromatic rings. The molecule has 5 nitrogen and oxygen atoms in total. The Morgan fingerprint density at radius 1 is 1.21 bits per heavy atom. The van der Waals surface area contributed by atoms with Gasteiger partial charge in [-0.3, -0.25) is 4.79 Å². The van der Waals surface area contributed by atoms with Gasteiger partial charge < -0.3 is 15.4 Å². The van der Waals surface area contributed by atoms with E-state index in [1.165, 1.54) is 4.90 Å². The molecular formula is C14H15N3O2. The van der Waals surface area contributed by atoms with Crippen molar-refractivity contribution < 1.29 is 9.53 Å². The Morgan fingerprint density at radius 3 is 2.63 bits per heavy atom. The highest BCUT2D eigenvalue weighted by Crippen LogP contribution is 2.27. The molecule has 0 saturated carbocycles. The van der Waals surface area contributed by atoms with Crippen LogP contribution in [0.3, 0.4) is 0 Å². The first-order chi connectivity index (χ1) is 9.13. The molecule has 0 unspecified atom stereocenters. The number of rotatable bonds is 3. The molecule has 1 amide bonds. The molecule has 0 bridgehead atoms. The van der Waals surface area contributed by atoms with Crippen LogP contribution in [0, 0.1) is 0 Å². The maximum Gasteiger partial charge on any atom is 0.276 e. The average molecular weight is 257 g/mol. The van der Waals surface area contributed by atoms with Crippen molar-refractivity contribution in [3.8, 4) is 5.75 Å². The number of hydrogen-bond donors (Lipinski definition) is 1. The van der Waals surface area contributed by atoms with E-state index in [2.05, 4.69) is 4.98 Å². The van der Waals surface area contributed by atoms with Crippen molar-refractivity contribution in [3.63, 3.8) is 0 Å². The van der Waals surface area contributed by atoms with Gasteiger partial charge in [-0.1, -0.05) is 18.2 Å². The zero-order valence-electron chi connectivity index (χ0n) is 10.8. The summed E-state index contributed by atoms with van der Waals surface area (Å²) in [5.41, 5.74) is 6.56. The zero-order chi connectivity index (χ0) is 13.8. The third-order valence-electron chi connectivity index (χ3n) is 2.74. The van der Waals surface area contributed by atoms with Gasteiger partial charge in [0.1, 0.15) is 17.3 Å². The van der Waals surface area contributed by atoms with Crippen LogP contribution < -0.4 is 15.4 Å². The van der Waals surface area contributed by atoms with E-state index in [4.69, 9.17) is 10.5 Å². The van der Waals surface area contributed by atoms with Gasteiger partial charge in [0, 0.05) is 7.05 Å². The number of para-hydroxylation sites is 2. The molecule has 0 fully saturated rings.